The molecule has 0 unspecified atom stereocenters. The molecule has 0 aliphatic carbocycles. The van der Waals surface area contributed by atoms with Crippen molar-refractivity contribution < 1.29 is 52.8 Å². The maximum atomic E-state index is 12.1. The number of H-pyrrole nitrogens is 1. The monoisotopic (exact) mass is 535 g/mol. The maximum absolute atomic E-state index is 12.1. The van der Waals surface area contributed by atoms with Crippen molar-refractivity contribution in [1.82, 2.24) is 19.9 Å². The van der Waals surface area contributed by atoms with E-state index in [1.165, 1.54) is 12.3 Å². The predicted molar refractivity (Wildman–Crippen MR) is 119 cm³/mol. The van der Waals surface area contributed by atoms with Crippen LogP contribution in [0.4, 0.5) is 19.0 Å². The molecular weight excluding hydrogens is 511 g/mol. The van der Waals surface area contributed by atoms with E-state index in [1.54, 1.807) is 6.33 Å². The van der Waals surface area contributed by atoms with Crippen LogP contribution >= 0.6 is 0 Å². The molecule has 2 heterocycles. The van der Waals surface area contributed by atoms with Gasteiger partial charge < -0.3 is 36.5 Å². The highest BCUT2D eigenvalue weighted by molar-refractivity contribution is 6.27. The highest BCUT2D eigenvalue weighted by Gasteiger charge is 2.26. The number of aliphatic imine (C=N–C) groups is 1. The highest BCUT2D eigenvalue weighted by Crippen LogP contribution is 2.14. The number of nitrogens with two attached hydrogens (primary N) is 1. The summed E-state index contributed by atoms with van der Waals surface area (Å²) in [4.78, 5) is 55.0. The van der Waals surface area contributed by atoms with Crippen LogP contribution in [0.15, 0.2) is 29.8 Å². The average Bonchev–Trinajstić information content (AvgIpc) is 3.31. The van der Waals surface area contributed by atoms with Crippen molar-refractivity contribution in [2.24, 2.45) is 10.7 Å². The fraction of sp³-hybridized carbons (Fsp3) is 0.368. The number of anilines is 1. The quantitative estimate of drug-likeness (QED) is 0.107. The number of carbonyl (C=O) groups is 4. The number of imidazole rings is 1. The van der Waals surface area contributed by atoms with Crippen LogP contribution in [0.3, 0.4) is 0 Å². The van der Waals surface area contributed by atoms with E-state index in [0.717, 1.165) is 31.4 Å². The number of rotatable bonds is 8. The molecule has 0 fully saturated rings. The molecule has 2 aromatic heterocycles. The summed E-state index contributed by atoms with van der Waals surface area (Å²) in [6, 6.07) is 1.53. The molecule has 18 heteroatoms. The van der Waals surface area contributed by atoms with Crippen LogP contribution in [0.2, 0.25) is 0 Å². The van der Waals surface area contributed by atoms with Gasteiger partial charge in [0.25, 0.3) is 0 Å². The van der Waals surface area contributed by atoms with E-state index >= 15 is 0 Å². The maximum Gasteiger partial charge on any atom is 0.414 e. The zero-order valence-corrected chi connectivity index (χ0v) is 19.0. The molecule has 0 amide bonds. The number of aromatic amines is 1. The Labute approximate surface area is 206 Å². The molecule has 0 saturated heterocycles. The van der Waals surface area contributed by atoms with Crippen LogP contribution in [0.25, 0.3) is 0 Å². The van der Waals surface area contributed by atoms with Crippen LogP contribution in [-0.2, 0) is 32.0 Å². The molecule has 8 N–H and O–H groups in total. The lowest BCUT2D eigenvalue weighted by atomic mass is 10.1. The van der Waals surface area contributed by atoms with Crippen LogP contribution in [0.5, 0.6) is 0 Å². The Hall–Kier alpha value is -4.77. The lowest BCUT2D eigenvalue weighted by Crippen LogP contribution is -2.26. The first-order valence-corrected chi connectivity index (χ1v) is 10.1. The Bertz CT molecular complexity index is 999. The van der Waals surface area contributed by atoms with Crippen LogP contribution in [-0.4, -0.2) is 82.9 Å². The first-order valence-electron chi connectivity index (χ1n) is 10.1. The van der Waals surface area contributed by atoms with Gasteiger partial charge in [-0.25, -0.2) is 39.1 Å². The van der Waals surface area contributed by atoms with Crippen molar-refractivity contribution in [3.63, 3.8) is 0 Å². The largest absolute Gasteiger partial charge is 0.473 e. The van der Waals surface area contributed by atoms with Crippen LogP contribution in [0, 0.1) is 0 Å². The number of nitrogens with one attached hydrogen (secondary N) is 2. The third kappa shape index (κ3) is 18.3. The zero-order valence-electron chi connectivity index (χ0n) is 19.0. The normalized spacial score (nSPS) is 10.7. The summed E-state index contributed by atoms with van der Waals surface area (Å²) in [6.07, 6.45) is 5.17. The molecule has 37 heavy (non-hydrogen) atoms. The topological polar surface area (TPSA) is 254 Å². The molecule has 0 bridgehead atoms. The first-order chi connectivity index (χ1) is 17.2. The second kappa shape index (κ2) is 16.8. The lowest BCUT2D eigenvalue weighted by molar-refractivity contribution is -0.159. The van der Waals surface area contributed by atoms with Gasteiger partial charge in [-0.2, -0.15) is 13.2 Å². The number of guanidine groups is 1. The summed E-state index contributed by atoms with van der Waals surface area (Å²) < 4.78 is 36.3. The van der Waals surface area contributed by atoms with Crippen molar-refractivity contribution in [1.29, 1.82) is 0 Å². The van der Waals surface area contributed by atoms with E-state index < -0.39 is 36.6 Å². The second-order valence-corrected chi connectivity index (χ2v) is 6.66. The Kier molecular flexibility index (Phi) is 14.6. The smallest absolute Gasteiger partial charge is 0.414 e. The van der Waals surface area contributed by atoms with E-state index in [9.17, 15) is 13.2 Å². The van der Waals surface area contributed by atoms with Gasteiger partial charge in [0.1, 0.15) is 18.2 Å². The summed E-state index contributed by atoms with van der Waals surface area (Å²) in [5, 5.41) is 32.1. The van der Waals surface area contributed by atoms with Crippen molar-refractivity contribution in [2.75, 3.05) is 11.9 Å². The third-order valence-corrected chi connectivity index (χ3v) is 3.66. The molecule has 0 aromatic carbocycles. The third-order valence-electron chi connectivity index (χ3n) is 3.66. The molecule has 0 aliphatic heterocycles. The number of nitrogens with zero attached hydrogens (tertiary/aromatic N) is 4. The van der Waals surface area contributed by atoms with E-state index in [1.807, 2.05) is 6.20 Å². The first kappa shape index (κ1) is 32.2. The Morgan fingerprint density at radius 3 is 2.03 bits per heavy atom. The summed E-state index contributed by atoms with van der Waals surface area (Å²) >= 11 is 0. The lowest BCUT2D eigenvalue weighted by Gasteiger charge is -2.07. The van der Waals surface area contributed by atoms with Crippen LogP contribution < -0.4 is 11.1 Å². The SMILES string of the molecule is NC(=NCC(F)(F)F)Nc1ccnc(CCCCCc2cnc[nH]2)n1.O=C(O)C(=O)O.O=C(O)C(=O)O. The molecule has 0 saturated carbocycles. The minimum absolute atomic E-state index is 0.325. The average molecular weight is 535 g/mol. The Morgan fingerprint density at radius 2 is 1.54 bits per heavy atom. The van der Waals surface area contributed by atoms with Crippen LogP contribution in [0.1, 0.15) is 30.8 Å². The van der Waals surface area contributed by atoms with E-state index in [-0.39, 0.29) is 5.96 Å². The molecule has 2 rings (SSSR count). The minimum atomic E-state index is -4.39. The number of alkyl halides is 3. The second-order valence-electron chi connectivity index (χ2n) is 6.66. The molecule has 0 spiro atoms. The standard InChI is InChI=1S/C15H20F3N7.2C2H2O4/c16-15(17,18)9-22-14(19)25-13-6-7-21-12(24-13)5-3-1-2-4-11-8-20-10-23-11;2*3-1(4)2(5)6/h6-8,10H,1-5,9H2,(H,20,23)(H3,19,21,22,24,25);2*(H,3,4)(H,5,6). The number of halogens is 3. The number of aryl methyl sites for hydroxylation is 2. The van der Waals surface area contributed by atoms with E-state index in [2.05, 4.69) is 30.2 Å². The summed E-state index contributed by atoms with van der Waals surface area (Å²) in [7, 11) is 0. The van der Waals surface area contributed by atoms with Gasteiger partial charge in [-0.05, 0) is 25.3 Å². The van der Waals surface area contributed by atoms with E-state index in [4.69, 9.17) is 45.3 Å². The highest BCUT2D eigenvalue weighted by atomic mass is 19.4. The van der Waals surface area contributed by atoms with Gasteiger partial charge >= 0.3 is 30.1 Å². The van der Waals surface area contributed by atoms with Gasteiger partial charge in [0.2, 0.25) is 0 Å². The molecule has 0 atom stereocenters. The molecule has 204 valence electrons. The van der Waals surface area contributed by atoms with Crippen molar-refractivity contribution in [3.8, 4) is 0 Å². The fourth-order valence-electron chi connectivity index (χ4n) is 2.13. The predicted octanol–water partition coefficient (Wildman–Crippen LogP) is 0.755. The van der Waals surface area contributed by atoms with Gasteiger partial charge in [0.05, 0.1) is 6.33 Å². The number of aromatic nitrogens is 4. The van der Waals surface area contributed by atoms with Crippen molar-refractivity contribution in [2.45, 2.75) is 38.3 Å². The summed E-state index contributed by atoms with van der Waals surface area (Å²) in [6.45, 7) is -1.33. The number of carboxylic acid groups (broad SMARTS) is 4. The van der Waals surface area contributed by atoms with Gasteiger partial charge in [-0.15, -0.1) is 0 Å². The molecular formula is C19H24F3N7O8. The van der Waals surface area contributed by atoms with Gasteiger partial charge in [-0.3, -0.25) is 0 Å². The summed E-state index contributed by atoms with van der Waals surface area (Å²) in [5.41, 5.74) is 6.53. The minimum Gasteiger partial charge on any atom is -0.473 e. The van der Waals surface area contributed by atoms with Crippen molar-refractivity contribution in [3.05, 3.63) is 36.3 Å². The number of hydrogen-bond donors (Lipinski definition) is 7. The molecule has 0 aliphatic rings. The Balaban J connectivity index is 0.000000896. The number of hydrogen-bond acceptors (Lipinski definition) is 8. The Morgan fingerprint density at radius 1 is 0.973 bits per heavy atom. The summed E-state index contributed by atoms with van der Waals surface area (Å²) in [5.74, 6) is -6.70. The van der Waals surface area contributed by atoms with Gasteiger partial charge in [-0.1, -0.05) is 6.42 Å². The molecule has 2 aromatic rings. The number of unbranched alkanes of at least 4 members (excludes halogenated alkanes) is 2. The molecule has 0 radical (unpaired) electrons. The zero-order chi connectivity index (χ0) is 28.4. The number of aliphatic carboxylic acids is 4. The number of carboxylic acids is 4. The van der Waals surface area contributed by atoms with Gasteiger partial charge in [0, 0.05) is 24.5 Å². The van der Waals surface area contributed by atoms with E-state index in [0.29, 0.717) is 18.1 Å². The fourth-order valence-corrected chi connectivity index (χ4v) is 2.13. The van der Waals surface area contributed by atoms with Crippen molar-refractivity contribution >= 4 is 35.7 Å². The molecule has 15 nitrogen and oxygen atoms in total. The van der Waals surface area contributed by atoms with Gasteiger partial charge in [0.15, 0.2) is 5.96 Å².